The van der Waals surface area contributed by atoms with Gasteiger partial charge in [-0.05, 0) is 49.4 Å². The van der Waals surface area contributed by atoms with E-state index in [2.05, 4.69) is 17.6 Å². The first kappa shape index (κ1) is 14.4. The van der Waals surface area contributed by atoms with Crippen molar-refractivity contribution in [2.75, 3.05) is 19.6 Å². The van der Waals surface area contributed by atoms with Crippen LogP contribution in [0.1, 0.15) is 35.7 Å². The SMILES string of the molecule is Cc1ccc(C(=O)NCC2(C)CCCNC2)c(Cl)c1. The summed E-state index contributed by atoms with van der Waals surface area (Å²) >= 11 is 6.11. The summed E-state index contributed by atoms with van der Waals surface area (Å²) in [5.41, 5.74) is 1.76. The molecule has 1 aromatic rings. The molecule has 0 aliphatic carbocycles. The molecule has 4 heteroatoms. The van der Waals surface area contributed by atoms with Crippen LogP contribution in [0, 0.1) is 12.3 Å². The fourth-order valence-corrected chi connectivity index (χ4v) is 2.78. The molecule has 1 amide bonds. The molecule has 0 radical (unpaired) electrons. The van der Waals surface area contributed by atoms with E-state index in [9.17, 15) is 4.79 Å². The van der Waals surface area contributed by atoms with Crippen molar-refractivity contribution in [2.24, 2.45) is 5.41 Å². The van der Waals surface area contributed by atoms with E-state index >= 15 is 0 Å². The molecule has 1 saturated heterocycles. The number of carbonyl (C=O) groups is 1. The van der Waals surface area contributed by atoms with E-state index in [0.717, 1.165) is 31.5 Å². The number of piperidine rings is 1. The van der Waals surface area contributed by atoms with Gasteiger partial charge in [0.05, 0.1) is 10.6 Å². The maximum absolute atomic E-state index is 12.1. The van der Waals surface area contributed by atoms with Crippen LogP contribution in [0.4, 0.5) is 0 Å². The number of hydrogen-bond donors (Lipinski definition) is 2. The fraction of sp³-hybridized carbons (Fsp3) is 0.533. The summed E-state index contributed by atoms with van der Waals surface area (Å²) in [6.07, 6.45) is 2.31. The molecule has 1 aliphatic rings. The molecule has 0 bridgehead atoms. The van der Waals surface area contributed by atoms with Crippen molar-refractivity contribution in [2.45, 2.75) is 26.7 Å². The van der Waals surface area contributed by atoms with Crippen LogP contribution in [0.3, 0.4) is 0 Å². The van der Waals surface area contributed by atoms with Crippen LogP contribution < -0.4 is 10.6 Å². The number of hydrogen-bond acceptors (Lipinski definition) is 2. The van der Waals surface area contributed by atoms with Gasteiger partial charge in [0.1, 0.15) is 0 Å². The Balaban J connectivity index is 1.97. The average molecular weight is 281 g/mol. The first-order chi connectivity index (χ1) is 9.00. The van der Waals surface area contributed by atoms with Crippen LogP contribution in [-0.2, 0) is 0 Å². The summed E-state index contributed by atoms with van der Waals surface area (Å²) in [5.74, 6) is -0.0863. The van der Waals surface area contributed by atoms with E-state index in [-0.39, 0.29) is 11.3 Å². The van der Waals surface area contributed by atoms with Gasteiger partial charge in [-0.1, -0.05) is 24.6 Å². The second kappa shape index (κ2) is 5.93. The van der Waals surface area contributed by atoms with E-state index in [0.29, 0.717) is 17.1 Å². The Bertz CT molecular complexity index is 467. The predicted molar refractivity (Wildman–Crippen MR) is 78.7 cm³/mol. The quantitative estimate of drug-likeness (QED) is 0.894. The van der Waals surface area contributed by atoms with Gasteiger partial charge in [0.25, 0.3) is 5.91 Å². The highest BCUT2D eigenvalue weighted by molar-refractivity contribution is 6.33. The highest BCUT2D eigenvalue weighted by Gasteiger charge is 2.27. The summed E-state index contributed by atoms with van der Waals surface area (Å²) in [7, 11) is 0. The summed E-state index contributed by atoms with van der Waals surface area (Å²) < 4.78 is 0. The average Bonchev–Trinajstić information content (AvgIpc) is 2.37. The monoisotopic (exact) mass is 280 g/mol. The zero-order chi connectivity index (χ0) is 13.9. The molecule has 0 saturated carbocycles. The summed E-state index contributed by atoms with van der Waals surface area (Å²) in [5, 5.41) is 6.90. The summed E-state index contributed by atoms with van der Waals surface area (Å²) in [4.78, 5) is 12.1. The molecule has 0 spiro atoms. The highest BCUT2D eigenvalue weighted by Crippen LogP contribution is 2.24. The third kappa shape index (κ3) is 3.71. The standard InChI is InChI=1S/C15H21ClN2O/c1-11-4-5-12(13(16)8-11)14(19)18-10-15(2)6-3-7-17-9-15/h4-5,8,17H,3,6-7,9-10H2,1-2H3,(H,18,19). The highest BCUT2D eigenvalue weighted by atomic mass is 35.5. The molecular formula is C15H21ClN2O. The Hall–Kier alpha value is -1.06. The normalized spacial score (nSPS) is 23.1. The van der Waals surface area contributed by atoms with Crippen LogP contribution in [0.5, 0.6) is 0 Å². The lowest BCUT2D eigenvalue weighted by molar-refractivity contribution is 0.0925. The topological polar surface area (TPSA) is 41.1 Å². The summed E-state index contributed by atoms with van der Waals surface area (Å²) in [6, 6.07) is 5.51. The third-order valence-corrected chi connectivity index (χ3v) is 4.04. The lowest BCUT2D eigenvalue weighted by Crippen LogP contribution is -2.45. The molecule has 0 aromatic heterocycles. The van der Waals surface area contributed by atoms with Gasteiger partial charge in [-0.15, -0.1) is 0 Å². The van der Waals surface area contributed by atoms with Crippen molar-refractivity contribution in [3.63, 3.8) is 0 Å². The molecule has 1 atom stereocenters. The maximum atomic E-state index is 12.1. The molecule has 1 aliphatic heterocycles. The Labute approximate surface area is 119 Å². The van der Waals surface area contributed by atoms with Crippen molar-refractivity contribution in [3.8, 4) is 0 Å². The van der Waals surface area contributed by atoms with Crippen molar-refractivity contribution in [3.05, 3.63) is 34.3 Å². The number of benzene rings is 1. The number of carbonyl (C=O) groups excluding carboxylic acids is 1. The van der Waals surface area contributed by atoms with Crippen molar-refractivity contribution < 1.29 is 4.79 Å². The van der Waals surface area contributed by atoms with E-state index in [1.807, 2.05) is 19.1 Å². The lowest BCUT2D eigenvalue weighted by atomic mass is 9.83. The Morgan fingerprint density at radius 3 is 2.95 bits per heavy atom. The number of halogens is 1. The second-order valence-electron chi connectivity index (χ2n) is 5.76. The number of nitrogens with one attached hydrogen (secondary N) is 2. The number of amides is 1. The Morgan fingerprint density at radius 1 is 1.53 bits per heavy atom. The summed E-state index contributed by atoms with van der Waals surface area (Å²) in [6.45, 7) is 6.88. The third-order valence-electron chi connectivity index (χ3n) is 3.73. The fourth-order valence-electron chi connectivity index (χ4n) is 2.46. The van der Waals surface area contributed by atoms with Gasteiger partial charge in [0.2, 0.25) is 0 Å². The zero-order valence-electron chi connectivity index (χ0n) is 11.6. The van der Waals surface area contributed by atoms with Gasteiger partial charge in [-0.25, -0.2) is 0 Å². The molecule has 1 fully saturated rings. The maximum Gasteiger partial charge on any atom is 0.252 e. The van der Waals surface area contributed by atoms with E-state index in [1.54, 1.807) is 6.07 Å². The van der Waals surface area contributed by atoms with E-state index in [1.165, 1.54) is 0 Å². The second-order valence-corrected chi connectivity index (χ2v) is 6.16. The minimum absolute atomic E-state index is 0.0863. The minimum atomic E-state index is -0.0863. The van der Waals surface area contributed by atoms with Gasteiger partial charge in [-0.2, -0.15) is 0 Å². The van der Waals surface area contributed by atoms with Crippen molar-refractivity contribution in [1.29, 1.82) is 0 Å². The van der Waals surface area contributed by atoms with Crippen LogP contribution in [0.15, 0.2) is 18.2 Å². The van der Waals surface area contributed by atoms with Crippen LogP contribution in [0.2, 0.25) is 5.02 Å². The molecule has 1 unspecified atom stereocenters. The number of rotatable bonds is 3. The Morgan fingerprint density at radius 2 is 2.32 bits per heavy atom. The molecule has 104 valence electrons. The van der Waals surface area contributed by atoms with Crippen molar-refractivity contribution >= 4 is 17.5 Å². The molecule has 1 aromatic carbocycles. The molecule has 2 rings (SSSR count). The van der Waals surface area contributed by atoms with Gasteiger partial charge < -0.3 is 10.6 Å². The molecular weight excluding hydrogens is 260 g/mol. The van der Waals surface area contributed by atoms with Gasteiger partial charge >= 0.3 is 0 Å². The van der Waals surface area contributed by atoms with Gasteiger partial charge in [-0.3, -0.25) is 4.79 Å². The lowest BCUT2D eigenvalue weighted by Gasteiger charge is -2.34. The molecule has 3 nitrogen and oxygen atoms in total. The van der Waals surface area contributed by atoms with E-state index in [4.69, 9.17) is 11.6 Å². The van der Waals surface area contributed by atoms with Gasteiger partial charge in [0, 0.05) is 13.1 Å². The van der Waals surface area contributed by atoms with Crippen LogP contribution in [0.25, 0.3) is 0 Å². The van der Waals surface area contributed by atoms with Crippen LogP contribution in [-0.4, -0.2) is 25.5 Å². The zero-order valence-corrected chi connectivity index (χ0v) is 12.3. The van der Waals surface area contributed by atoms with Crippen molar-refractivity contribution in [1.82, 2.24) is 10.6 Å². The number of aryl methyl sites for hydroxylation is 1. The first-order valence-corrected chi connectivity index (χ1v) is 7.13. The first-order valence-electron chi connectivity index (χ1n) is 6.75. The molecule has 19 heavy (non-hydrogen) atoms. The van der Waals surface area contributed by atoms with Crippen LogP contribution >= 0.6 is 11.6 Å². The van der Waals surface area contributed by atoms with E-state index < -0.39 is 0 Å². The van der Waals surface area contributed by atoms with Gasteiger partial charge in [0.15, 0.2) is 0 Å². The molecule has 2 N–H and O–H groups in total. The Kier molecular flexibility index (Phi) is 4.48. The predicted octanol–water partition coefficient (Wildman–Crippen LogP) is 2.77. The largest absolute Gasteiger partial charge is 0.351 e. The smallest absolute Gasteiger partial charge is 0.252 e. The molecule has 1 heterocycles. The minimum Gasteiger partial charge on any atom is -0.351 e.